The first-order chi connectivity index (χ1) is 12.6. The van der Waals surface area contributed by atoms with E-state index in [0.29, 0.717) is 10.9 Å². The van der Waals surface area contributed by atoms with E-state index in [9.17, 15) is 9.90 Å². The number of hydrogen-bond acceptors (Lipinski definition) is 5. The van der Waals surface area contributed by atoms with Crippen molar-refractivity contribution in [1.82, 2.24) is 9.55 Å². The highest BCUT2D eigenvalue weighted by Crippen LogP contribution is 2.35. The molecule has 0 saturated carbocycles. The highest BCUT2D eigenvalue weighted by molar-refractivity contribution is 7.99. The Labute approximate surface area is 160 Å². The van der Waals surface area contributed by atoms with Crippen LogP contribution in [0.3, 0.4) is 0 Å². The molecule has 1 aliphatic rings. The molecule has 136 valence electrons. The Hall–Kier alpha value is -1.63. The number of thiophene rings is 1. The Morgan fingerprint density at radius 1 is 1.27 bits per heavy atom. The minimum Gasteiger partial charge on any atom is -0.396 e. The summed E-state index contributed by atoms with van der Waals surface area (Å²) in [7, 11) is 0. The molecule has 0 bridgehead atoms. The van der Waals surface area contributed by atoms with E-state index in [4.69, 9.17) is 4.98 Å². The zero-order valence-electron chi connectivity index (χ0n) is 15.0. The van der Waals surface area contributed by atoms with Crippen LogP contribution in [0.25, 0.3) is 15.9 Å². The third-order valence-electron chi connectivity index (χ3n) is 4.89. The molecule has 0 amide bonds. The third-order valence-corrected chi connectivity index (χ3v) is 6.99. The van der Waals surface area contributed by atoms with Gasteiger partial charge in [0, 0.05) is 10.6 Å². The Balaban J connectivity index is 2.04. The van der Waals surface area contributed by atoms with Crippen molar-refractivity contribution in [3.63, 3.8) is 0 Å². The van der Waals surface area contributed by atoms with Crippen molar-refractivity contribution < 1.29 is 5.11 Å². The normalized spacial score (nSPS) is 14.0. The summed E-state index contributed by atoms with van der Waals surface area (Å²) >= 11 is 3.11. The quantitative estimate of drug-likeness (QED) is 0.543. The van der Waals surface area contributed by atoms with Crippen LogP contribution in [0.5, 0.6) is 0 Å². The molecule has 1 aliphatic carbocycles. The molecular formula is C20H22N2O2S2. The second kappa shape index (κ2) is 7.18. The Morgan fingerprint density at radius 3 is 2.88 bits per heavy atom. The number of fused-ring (bicyclic) bond motifs is 3. The van der Waals surface area contributed by atoms with Crippen molar-refractivity contribution in [3.05, 3.63) is 50.1 Å². The summed E-state index contributed by atoms with van der Waals surface area (Å²) in [6.07, 6.45) is 4.36. The fourth-order valence-corrected chi connectivity index (χ4v) is 5.64. The molecular weight excluding hydrogens is 364 g/mol. The molecule has 0 atom stereocenters. The van der Waals surface area contributed by atoms with Crippen molar-refractivity contribution in [2.75, 3.05) is 12.4 Å². The molecule has 0 fully saturated rings. The van der Waals surface area contributed by atoms with Crippen LogP contribution in [-0.2, 0) is 12.8 Å². The summed E-state index contributed by atoms with van der Waals surface area (Å²) in [6, 6.07) is 6.15. The largest absolute Gasteiger partial charge is 0.396 e. The predicted molar refractivity (Wildman–Crippen MR) is 109 cm³/mol. The van der Waals surface area contributed by atoms with Crippen LogP contribution >= 0.6 is 23.1 Å². The zero-order chi connectivity index (χ0) is 18.3. The second-order valence-electron chi connectivity index (χ2n) is 6.79. The van der Waals surface area contributed by atoms with Crippen LogP contribution in [0.4, 0.5) is 0 Å². The third kappa shape index (κ3) is 3.00. The second-order valence-corrected chi connectivity index (χ2v) is 8.93. The van der Waals surface area contributed by atoms with Crippen molar-refractivity contribution in [3.8, 4) is 5.69 Å². The Bertz CT molecular complexity index is 1040. The topological polar surface area (TPSA) is 55.1 Å². The van der Waals surface area contributed by atoms with Crippen LogP contribution in [0, 0.1) is 13.8 Å². The standard InChI is InChI=1S/C20H22N2O2S2/c1-12-7-8-13(2)15(11-12)22-19(24)17-14-5-3-4-6-16(14)26-18(17)21-20(22)25-10-9-23/h7-8,11,23H,3-6,9-10H2,1-2H3. The number of aliphatic hydroxyl groups excluding tert-OH is 1. The number of aliphatic hydroxyl groups is 1. The fourth-order valence-electron chi connectivity index (χ4n) is 3.59. The van der Waals surface area contributed by atoms with Gasteiger partial charge >= 0.3 is 0 Å². The fraction of sp³-hybridized carbons (Fsp3) is 0.400. The predicted octanol–water partition coefficient (Wildman–Crippen LogP) is 4.03. The maximum Gasteiger partial charge on any atom is 0.267 e. The van der Waals surface area contributed by atoms with Crippen molar-refractivity contribution in [1.29, 1.82) is 0 Å². The van der Waals surface area contributed by atoms with Gasteiger partial charge in [0.2, 0.25) is 0 Å². The highest BCUT2D eigenvalue weighted by Gasteiger charge is 2.23. The number of aromatic nitrogens is 2. The van der Waals surface area contributed by atoms with Gasteiger partial charge < -0.3 is 5.11 Å². The van der Waals surface area contributed by atoms with Gasteiger partial charge in [-0.1, -0.05) is 23.9 Å². The van der Waals surface area contributed by atoms with E-state index in [1.54, 1.807) is 15.9 Å². The lowest BCUT2D eigenvalue weighted by molar-refractivity contribution is 0.322. The van der Waals surface area contributed by atoms with Gasteiger partial charge in [-0.25, -0.2) is 4.98 Å². The van der Waals surface area contributed by atoms with Crippen molar-refractivity contribution in [2.24, 2.45) is 0 Å². The van der Waals surface area contributed by atoms with Crippen molar-refractivity contribution in [2.45, 2.75) is 44.7 Å². The molecule has 26 heavy (non-hydrogen) atoms. The summed E-state index contributed by atoms with van der Waals surface area (Å²) in [5.41, 5.74) is 4.30. The van der Waals surface area contributed by atoms with E-state index in [1.807, 2.05) is 26.0 Å². The maximum atomic E-state index is 13.6. The van der Waals surface area contributed by atoms with E-state index in [2.05, 4.69) is 6.07 Å². The Morgan fingerprint density at radius 2 is 2.08 bits per heavy atom. The minimum atomic E-state index is 0.0311. The Kier molecular flexibility index (Phi) is 4.90. The molecule has 0 radical (unpaired) electrons. The van der Waals surface area contributed by atoms with Gasteiger partial charge in [-0.05, 0) is 62.3 Å². The summed E-state index contributed by atoms with van der Waals surface area (Å²) in [6.45, 7) is 4.12. The van der Waals surface area contributed by atoms with Gasteiger partial charge in [-0.2, -0.15) is 0 Å². The summed E-state index contributed by atoms with van der Waals surface area (Å²) < 4.78 is 1.76. The van der Waals surface area contributed by atoms with E-state index in [1.165, 1.54) is 28.6 Å². The molecule has 6 heteroatoms. The molecule has 2 aromatic heterocycles. The first-order valence-corrected chi connectivity index (χ1v) is 10.8. The van der Waals surface area contributed by atoms with Gasteiger partial charge in [0.1, 0.15) is 4.83 Å². The lowest BCUT2D eigenvalue weighted by Gasteiger charge is -2.15. The lowest BCUT2D eigenvalue weighted by Crippen LogP contribution is -2.23. The molecule has 0 spiro atoms. The summed E-state index contributed by atoms with van der Waals surface area (Å²) in [5.74, 6) is 0.522. The SMILES string of the molecule is Cc1ccc(C)c(-n2c(SCCO)nc3sc4c(c3c2=O)CCCC4)c1. The average Bonchev–Trinajstić information content (AvgIpc) is 3.01. The number of thioether (sulfide) groups is 1. The van der Waals surface area contributed by atoms with Crippen LogP contribution in [0.1, 0.15) is 34.4 Å². The number of benzene rings is 1. The molecule has 1 aromatic carbocycles. The van der Waals surface area contributed by atoms with Crippen LogP contribution < -0.4 is 5.56 Å². The van der Waals surface area contributed by atoms with Gasteiger partial charge in [0.05, 0.1) is 17.7 Å². The molecule has 4 nitrogen and oxygen atoms in total. The van der Waals surface area contributed by atoms with Gasteiger partial charge in [0.25, 0.3) is 5.56 Å². The summed E-state index contributed by atoms with van der Waals surface area (Å²) in [5, 5.41) is 10.7. The molecule has 1 N–H and O–H groups in total. The molecule has 2 heterocycles. The van der Waals surface area contributed by atoms with Gasteiger partial charge in [-0.3, -0.25) is 9.36 Å². The van der Waals surface area contributed by atoms with Crippen molar-refractivity contribution >= 4 is 33.3 Å². The zero-order valence-corrected chi connectivity index (χ0v) is 16.7. The number of aryl methyl sites for hydroxylation is 4. The van der Waals surface area contributed by atoms with Gasteiger partial charge in [0.15, 0.2) is 5.16 Å². The monoisotopic (exact) mass is 386 g/mol. The van der Waals surface area contributed by atoms with Crippen LogP contribution in [-0.4, -0.2) is 27.0 Å². The molecule has 3 aromatic rings. The number of rotatable bonds is 4. The maximum absolute atomic E-state index is 13.6. The van der Waals surface area contributed by atoms with Gasteiger partial charge in [-0.15, -0.1) is 11.3 Å². The number of hydrogen-bond donors (Lipinski definition) is 1. The van der Waals surface area contributed by atoms with Crippen LogP contribution in [0.2, 0.25) is 0 Å². The highest BCUT2D eigenvalue weighted by atomic mass is 32.2. The molecule has 0 saturated heterocycles. The van der Waals surface area contributed by atoms with E-state index in [0.717, 1.165) is 46.3 Å². The van der Waals surface area contributed by atoms with E-state index in [-0.39, 0.29) is 12.2 Å². The molecule has 4 rings (SSSR count). The van der Waals surface area contributed by atoms with E-state index >= 15 is 0 Å². The summed E-state index contributed by atoms with van der Waals surface area (Å²) in [4.78, 5) is 20.6. The van der Waals surface area contributed by atoms with E-state index < -0.39 is 0 Å². The first kappa shape index (κ1) is 17.8. The van der Waals surface area contributed by atoms with Crippen LogP contribution in [0.15, 0.2) is 28.2 Å². The molecule has 0 aliphatic heterocycles. The average molecular weight is 387 g/mol. The molecule has 0 unspecified atom stereocenters. The lowest BCUT2D eigenvalue weighted by atomic mass is 9.97. The smallest absolute Gasteiger partial charge is 0.267 e. The number of nitrogens with zero attached hydrogens (tertiary/aromatic N) is 2. The first-order valence-electron chi connectivity index (χ1n) is 8.98. The minimum absolute atomic E-state index is 0.0311.